The van der Waals surface area contributed by atoms with Crippen LogP contribution in [0.2, 0.25) is 5.02 Å². The van der Waals surface area contributed by atoms with Gasteiger partial charge in [0.2, 0.25) is 11.8 Å². The fourth-order valence-electron chi connectivity index (χ4n) is 4.51. The summed E-state index contributed by atoms with van der Waals surface area (Å²) in [5.74, 6) is 0.965. The average Bonchev–Trinajstić information content (AvgIpc) is 3.40. The van der Waals surface area contributed by atoms with Crippen molar-refractivity contribution >= 4 is 35.2 Å². The number of nitrogens with one attached hydrogen (secondary N) is 2. The van der Waals surface area contributed by atoms with Gasteiger partial charge < -0.3 is 29.9 Å². The lowest BCUT2D eigenvalue weighted by Gasteiger charge is -2.27. The zero-order valence-electron chi connectivity index (χ0n) is 24.1. The van der Waals surface area contributed by atoms with Crippen LogP contribution in [0.3, 0.4) is 0 Å². The number of alkyl carbamates (subject to hydrolysis) is 1. The summed E-state index contributed by atoms with van der Waals surface area (Å²) in [6.07, 6.45) is 0.119. The number of carbonyl (C=O) groups excluding carboxylic acids is 3. The Morgan fingerprint density at radius 3 is 2.36 bits per heavy atom. The molecule has 3 aromatic rings. The zero-order valence-corrected chi connectivity index (χ0v) is 24.9. The molecule has 0 radical (unpaired) electrons. The van der Waals surface area contributed by atoms with Crippen LogP contribution < -0.4 is 20.3 Å². The van der Waals surface area contributed by atoms with Gasteiger partial charge in [0.25, 0.3) is 0 Å². The average molecular weight is 593 g/mol. The first-order valence-corrected chi connectivity index (χ1v) is 14.3. The number of nitrogens with zero attached hydrogens (tertiary/aromatic N) is 2. The number of amides is 3. The molecule has 3 aromatic carbocycles. The molecule has 1 saturated heterocycles. The van der Waals surface area contributed by atoms with Crippen molar-refractivity contribution in [3.63, 3.8) is 0 Å². The lowest BCUT2D eigenvalue weighted by Crippen LogP contribution is -2.45. The van der Waals surface area contributed by atoms with Crippen molar-refractivity contribution in [3.05, 3.63) is 89.4 Å². The molecule has 42 heavy (non-hydrogen) atoms. The van der Waals surface area contributed by atoms with Crippen LogP contribution >= 0.6 is 11.6 Å². The summed E-state index contributed by atoms with van der Waals surface area (Å²) < 4.78 is 11.2. The standard InChI is InChI=1S/C32H37ClN4O5/c1-32(2,3)42-31(40)35-25-16-17-36(20-25)30(39)22-37(21-29(38)34-19-23-8-7-9-24(33)18-23)26-12-14-28(15-13-26)41-27-10-5-4-6-11-27/h4-15,18,25H,16-17,19-22H2,1-3H3,(H,34,38)(H,35,40). The fraction of sp³-hybridized carbons (Fsp3) is 0.344. The molecule has 0 spiro atoms. The van der Waals surface area contributed by atoms with Gasteiger partial charge in [-0.05, 0) is 81.3 Å². The van der Waals surface area contributed by atoms with E-state index in [1.165, 1.54) is 0 Å². The second-order valence-corrected chi connectivity index (χ2v) is 11.6. The minimum atomic E-state index is -0.603. The number of para-hydroxylation sites is 1. The van der Waals surface area contributed by atoms with E-state index in [4.69, 9.17) is 21.1 Å². The number of hydrogen-bond acceptors (Lipinski definition) is 6. The van der Waals surface area contributed by atoms with Crippen molar-refractivity contribution in [2.75, 3.05) is 31.1 Å². The molecule has 0 bridgehead atoms. The summed E-state index contributed by atoms with van der Waals surface area (Å²) in [4.78, 5) is 42.0. The first kappa shape index (κ1) is 30.7. The first-order chi connectivity index (χ1) is 20.0. The van der Waals surface area contributed by atoms with Crippen molar-refractivity contribution in [2.24, 2.45) is 0 Å². The van der Waals surface area contributed by atoms with Crippen molar-refractivity contribution in [2.45, 2.75) is 45.4 Å². The number of benzene rings is 3. The smallest absolute Gasteiger partial charge is 0.407 e. The molecule has 1 fully saturated rings. The van der Waals surface area contributed by atoms with E-state index in [0.29, 0.717) is 48.3 Å². The summed E-state index contributed by atoms with van der Waals surface area (Å²) in [6, 6.07) is 23.8. The van der Waals surface area contributed by atoms with Gasteiger partial charge >= 0.3 is 6.09 Å². The van der Waals surface area contributed by atoms with Crippen LogP contribution in [0, 0.1) is 0 Å². The minimum Gasteiger partial charge on any atom is -0.457 e. The van der Waals surface area contributed by atoms with Crippen LogP contribution in [0.4, 0.5) is 10.5 Å². The zero-order chi connectivity index (χ0) is 30.1. The van der Waals surface area contributed by atoms with Crippen LogP contribution in [-0.4, -0.2) is 60.6 Å². The molecule has 222 valence electrons. The Morgan fingerprint density at radius 1 is 0.952 bits per heavy atom. The highest BCUT2D eigenvalue weighted by Crippen LogP contribution is 2.25. The largest absolute Gasteiger partial charge is 0.457 e. The topological polar surface area (TPSA) is 100 Å². The Hall–Kier alpha value is -4.24. The minimum absolute atomic E-state index is 0.0113. The van der Waals surface area contributed by atoms with Gasteiger partial charge in [0.1, 0.15) is 17.1 Å². The van der Waals surface area contributed by atoms with Gasteiger partial charge in [-0.15, -0.1) is 0 Å². The van der Waals surface area contributed by atoms with Crippen LogP contribution in [0.15, 0.2) is 78.9 Å². The van der Waals surface area contributed by atoms with E-state index < -0.39 is 11.7 Å². The van der Waals surface area contributed by atoms with Crippen molar-refractivity contribution < 1.29 is 23.9 Å². The van der Waals surface area contributed by atoms with Gasteiger partial charge in [-0.3, -0.25) is 9.59 Å². The molecule has 1 aliphatic rings. The Balaban J connectivity index is 1.40. The van der Waals surface area contributed by atoms with Crippen LogP contribution in [0.1, 0.15) is 32.8 Å². The number of ether oxygens (including phenoxy) is 2. The molecule has 4 rings (SSSR count). The Labute approximate surface area is 251 Å². The maximum atomic E-state index is 13.4. The van der Waals surface area contributed by atoms with Gasteiger partial charge in [-0.1, -0.05) is 41.9 Å². The van der Waals surface area contributed by atoms with E-state index in [-0.39, 0.29) is 30.9 Å². The number of carbonyl (C=O) groups is 3. The molecule has 3 amide bonds. The van der Waals surface area contributed by atoms with Gasteiger partial charge in [0.15, 0.2) is 0 Å². The van der Waals surface area contributed by atoms with Gasteiger partial charge in [0.05, 0.1) is 19.1 Å². The predicted molar refractivity (Wildman–Crippen MR) is 163 cm³/mol. The van der Waals surface area contributed by atoms with E-state index in [0.717, 1.165) is 5.56 Å². The Kier molecular flexibility index (Phi) is 10.3. The van der Waals surface area contributed by atoms with Crippen LogP contribution in [-0.2, 0) is 20.9 Å². The molecule has 1 heterocycles. The fourth-order valence-corrected chi connectivity index (χ4v) is 4.72. The second-order valence-electron chi connectivity index (χ2n) is 11.1. The normalized spacial score (nSPS) is 14.7. The molecule has 9 nitrogen and oxygen atoms in total. The van der Waals surface area contributed by atoms with Crippen LogP contribution in [0.25, 0.3) is 0 Å². The van der Waals surface area contributed by atoms with Gasteiger partial charge in [0, 0.05) is 30.3 Å². The molecule has 10 heteroatoms. The molecule has 0 aromatic heterocycles. The number of anilines is 1. The maximum Gasteiger partial charge on any atom is 0.407 e. The molecule has 2 N–H and O–H groups in total. The summed E-state index contributed by atoms with van der Waals surface area (Å²) in [6.45, 7) is 6.55. The molecule has 1 aliphatic heterocycles. The first-order valence-electron chi connectivity index (χ1n) is 13.9. The third-order valence-corrected chi connectivity index (χ3v) is 6.72. The third kappa shape index (κ3) is 9.69. The van der Waals surface area contributed by atoms with E-state index in [9.17, 15) is 14.4 Å². The SMILES string of the molecule is CC(C)(C)OC(=O)NC1CCN(C(=O)CN(CC(=O)NCc2cccc(Cl)c2)c2ccc(Oc3ccccc3)cc2)C1. The molecule has 1 unspecified atom stereocenters. The van der Waals surface area contributed by atoms with Crippen LogP contribution in [0.5, 0.6) is 11.5 Å². The predicted octanol–water partition coefficient (Wildman–Crippen LogP) is 5.38. The second kappa shape index (κ2) is 14.1. The third-order valence-electron chi connectivity index (χ3n) is 6.48. The number of halogens is 1. The van der Waals surface area contributed by atoms with E-state index in [1.807, 2.05) is 54.6 Å². The monoisotopic (exact) mass is 592 g/mol. The lowest BCUT2D eigenvalue weighted by molar-refractivity contribution is -0.128. The molecular weight excluding hydrogens is 556 g/mol. The van der Waals surface area contributed by atoms with Crippen molar-refractivity contribution in [1.29, 1.82) is 0 Å². The Morgan fingerprint density at radius 2 is 1.67 bits per heavy atom. The van der Waals surface area contributed by atoms with Crippen molar-refractivity contribution in [3.8, 4) is 11.5 Å². The number of rotatable bonds is 10. The van der Waals surface area contributed by atoms with E-state index in [1.54, 1.807) is 54.8 Å². The van der Waals surface area contributed by atoms with Gasteiger partial charge in [-0.25, -0.2) is 4.79 Å². The summed E-state index contributed by atoms with van der Waals surface area (Å²) in [5, 5.41) is 6.35. The quantitative estimate of drug-likeness (QED) is 0.328. The van der Waals surface area contributed by atoms with Crippen molar-refractivity contribution in [1.82, 2.24) is 15.5 Å². The lowest BCUT2D eigenvalue weighted by atomic mass is 10.2. The molecule has 1 atom stereocenters. The highest BCUT2D eigenvalue weighted by molar-refractivity contribution is 6.30. The number of likely N-dealkylation sites (tertiary alicyclic amines) is 1. The van der Waals surface area contributed by atoms with Gasteiger partial charge in [-0.2, -0.15) is 0 Å². The molecule has 0 aliphatic carbocycles. The summed E-state index contributed by atoms with van der Waals surface area (Å²) in [7, 11) is 0. The van der Waals surface area contributed by atoms with E-state index >= 15 is 0 Å². The maximum absolute atomic E-state index is 13.4. The summed E-state index contributed by atoms with van der Waals surface area (Å²) in [5.41, 5.74) is 0.971. The highest BCUT2D eigenvalue weighted by atomic mass is 35.5. The van der Waals surface area contributed by atoms with E-state index in [2.05, 4.69) is 10.6 Å². The molecular formula is C32H37ClN4O5. The highest BCUT2D eigenvalue weighted by Gasteiger charge is 2.30. The number of hydrogen-bond donors (Lipinski definition) is 2. The summed E-state index contributed by atoms with van der Waals surface area (Å²) >= 11 is 6.07. The molecule has 0 saturated carbocycles. The Bertz CT molecular complexity index is 1360.